The van der Waals surface area contributed by atoms with Gasteiger partial charge in [-0.25, -0.2) is 0 Å². The molecular weight excluding hydrogens is 324 g/mol. The number of carbonyl (C=O) groups excluding carboxylic acids is 1. The summed E-state index contributed by atoms with van der Waals surface area (Å²) in [5.74, 6) is 0.419. The number of benzene rings is 1. The van der Waals surface area contributed by atoms with E-state index in [2.05, 4.69) is 25.2 Å². The van der Waals surface area contributed by atoms with E-state index in [4.69, 9.17) is 10.5 Å². The number of nitrogen functional groups attached to an aromatic ring is 1. The summed E-state index contributed by atoms with van der Waals surface area (Å²) < 4.78 is 5.86. The van der Waals surface area contributed by atoms with Crippen molar-refractivity contribution in [2.24, 2.45) is 11.3 Å². The van der Waals surface area contributed by atoms with Gasteiger partial charge < -0.3 is 15.8 Å². The van der Waals surface area contributed by atoms with Crippen LogP contribution in [0.4, 0.5) is 11.4 Å². The molecule has 0 spiro atoms. The van der Waals surface area contributed by atoms with E-state index in [0.717, 1.165) is 0 Å². The first-order chi connectivity index (χ1) is 12.4. The third kappa shape index (κ3) is 5.73. The lowest BCUT2D eigenvalue weighted by Crippen LogP contribution is -2.37. The Morgan fingerprint density at radius 1 is 1.23 bits per heavy atom. The van der Waals surface area contributed by atoms with Gasteiger partial charge in [0.25, 0.3) is 0 Å². The zero-order valence-corrected chi connectivity index (χ0v) is 16.2. The molecule has 26 heavy (non-hydrogen) atoms. The molecule has 2 rings (SSSR count). The Kier molecular flexibility index (Phi) is 7.46. The summed E-state index contributed by atoms with van der Waals surface area (Å²) >= 11 is 0. The number of anilines is 2. The third-order valence-electron chi connectivity index (χ3n) is 5.17. The molecule has 1 atom stereocenters. The second-order valence-electron chi connectivity index (χ2n) is 7.67. The summed E-state index contributed by atoms with van der Waals surface area (Å²) in [6.45, 7) is 4.40. The van der Waals surface area contributed by atoms with E-state index < -0.39 is 0 Å². The molecule has 0 saturated heterocycles. The minimum atomic E-state index is -0.194. The number of carbonyl (C=O) groups is 1. The van der Waals surface area contributed by atoms with Gasteiger partial charge in [-0.05, 0) is 30.9 Å². The Morgan fingerprint density at radius 3 is 2.58 bits per heavy atom. The number of allylic oxidation sites excluding steroid dienone is 2. The van der Waals surface area contributed by atoms with Crippen LogP contribution in [0, 0.1) is 11.3 Å². The normalized spacial score (nSPS) is 17.7. The lowest BCUT2D eigenvalue weighted by Gasteiger charge is -2.38. The molecule has 4 nitrogen and oxygen atoms in total. The Hall–Kier alpha value is -2.07. The minimum absolute atomic E-state index is 0.0819. The average Bonchev–Trinajstić information content (AvgIpc) is 2.62. The fourth-order valence-corrected chi connectivity index (χ4v) is 3.87. The zero-order chi connectivity index (χ0) is 19.0. The molecule has 0 heterocycles. The van der Waals surface area contributed by atoms with Crippen LogP contribution in [0.15, 0.2) is 48.6 Å². The van der Waals surface area contributed by atoms with E-state index in [1.807, 2.05) is 25.3 Å². The summed E-state index contributed by atoms with van der Waals surface area (Å²) in [7, 11) is 1.81. The minimum Gasteiger partial charge on any atom is -0.397 e. The molecule has 0 radical (unpaired) electrons. The summed E-state index contributed by atoms with van der Waals surface area (Å²) in [4.78, 5) is 12.0. The molecule has 4 heteroatoms. The lowest BCUT2D eigenvalue weighted by molar-refractivity contribution is -0.111. The van der Waals surface area contributed by atoms with Crippen molar-refractivity contribution in [3.63, 3.8) is 0 Å². The largest absolute Gasteiger partial charge is 0.397 e. The smallest absolute Gasteiger partial charge is 0.248 e. The van der Waals surface area contributed by atoms with Gasteiger partial charge in [-0.2, -0.15) is 0 Å². The van der Waals surface area contributed by atoms with Gasteiger partial charge in [0.1, 0.15) is 0 Å². The maximum Gasteiger partial charge on any atom is 0.248 e. The van der Waals surface area contributed by atoms with E-state index >= 15 is 0 Å². The predicted molar refractivity (Wildman–Crippen MR) is 109 cm³/mol. The van der Waals surface area contributed by atoms with E-state index in [9.17, 15) is 4.79 Å². The van der Waals surface area contributed by atoms with Crippen LogP contribution in [0.5, 0.6) is 0 Å². The van der Waals surface area contributed by atoms with Crippen molar-refractivity contribution in [1.82, 2.24) is 0 Å². The van der Waals surface area contributed by atoms with Crippen molar-refractivity contribution >= 4 is 17.3 Å². The second-order valence-corrected chi connectivity index (χ2v) is 7.67. The maximum atomic E-state index is 12.0. The quantitative estimate of drug-likeness (QED) is 0.413. The number of nitrogens with two attached hydrogens (primary N) is 1. The standard InChI is InChI=1S/C22H32N2O2/c1-22(2,21(26-3)17-11-5-4-6-12-17)16-10-9-15-20(25)24-19-14-8-7-13-18(19)23/h7-10,13-17,21H,4-6,11-12,23H2,1-3H3,(H,24,25)/b15-9+,16-10+. The average molecular weight is 357 g/mol. The molecule has 1 saturated carbocycles. The Morgan fingerprint density at radius 2 is 1.92 bits per heavy atom. The van der Waals surface area contributed by atoms with Crippen LogP contribution in [0.25, 0.3) is 0 Å². The molecule has 0 aromatic heterocycles. The maximum absolute atomic E-state index is 12.0. The van der Waals surface area contributed by atoms with Gasteiger partial charge in [0.15, 0.2) is 0 Å². The number of amides is 1. The molecule has 1 amide bonds. The van der Waals surface area contributed by atoms with Gasteiger partial charge in [0, 0.05) is 18.6 Å². The molecule has 0 bridgehead atoms. The van der Waals surface area contributed by atoms with Crippen LogP contribution in [-0.2, 0) is 9.53 Å². The van der Waals surface area contributed by atoms with Gasteiger partial charge in [-0.15, -0.1) is 0 Å². The molecule has 0 aliphatic heterocycles. The number of ether oxygens (including phenoxy) is 1. The molecular formula is C22H32N2O2. The van der Waals surface area contributed by atoms with Crippen LogP contribution in [0.1, 0.15) is 46.0 Å². The van der Waals surface area contributed by atoms with Crippen LogP contribution >= 0.6 is 0 Å². The van der Waals surface area contributed by atoms with E-state index in [1.165, 1.54) is 38.2 Å². The summed E-state index contributed by atoms with van der Waals surface area (Å²) in [5, 5.41) is 2.78. The zero-order valence-electron chi connectivity index (χ0n) is 16.2. The molecule has 1 aliphatic carbocycles. The highest BCUT2D eigenvalue weighted by Gasteiger charge is 2.34. The Balaban J connectivity index is 1.93. The van der Waals surface area contributed by atoms with Crippen LogP contribution in [0.2, 0.25) is 0 Å². The summed E-state index contributed by atoms with van der Waals surface area (Å²) in [5.41, 5.74) is 6.94. The van der Waals surface area contributed by atoms with E-state index in [0.29, 0.717) is 17.3 Å². The van der Waals surface area contributed by atoms with E-state index in [-0.39, 0.29) is 17.4 Å². The van der Waals surface area contributed by atoms with Crippen LogP contribution in [0.3, 0.4) is 0 Å². The van der Waals surface area contributed by atoms with Crippen molar-refractivity contribution in [2.75, 3.05) is 18.2 Å². The molecule has 142 valence electrons. The summed E-state index contributed by atoms with van der Waals surface area (Å²) in [6, 6.07) is 7.23. The lowest BCUT2D eigenvalue weighted by atomic mass is 9.73. The topological polar surface area (TPSA) is 64.3 Å². The Labute approximate surface area is 157 Å². The van der Waals surface area contributed by atoms with Gasteiger partial charge in [-0.1, -0.05) is 63.5 Å². The fraction of sp³-hybridized carbons (Fsp3) is 0.500. The van der Waals surface area contributed by atoms with Gasteiger partial charge in [0.05, 0.1) is 17.5 Å². The van der Waals surface area contributed by atoms with Crippen molar-refractivity contribution in [3.05, 3.63) is 48.6 Å². The van der Waals surface area contributed by atoms with Crippen molar-refractivity contribution in [1.29, 1.82) is 0 Å². The fourth-order valence-electron chi connectivity index (χ4n) is 3.87. The molecule has 3 N–H and O–H groups in total. The van der Waals surface area contributed by atoms with Gasteiger partial charge in [0.2, 0.25) is 5.91 Å². The number of rotatable bonds is 7. The molecule has 1 aromatic carbocycles. The SMILES string of the molecule is COC(C1CCCCC1)C(C)(C)/C=C/C=C/C(=O)Nc1ccccc1N. The van der Waals surface area contributed by atoms with E-state index in [1.54, 1.807) is 18.2 Å². The number of para-hydroxylation sites is 2. The first-order valence-electron chi connectivity index (χ1n) is 9.48. The summed E-state index contributed by atoms with van der Waals surface area (Å²) in [6.07, 6.45) is 14.0. The highest BCUT2D eigenvalue weighted by molar-refractivity contribution is 6.01. The van der Waals surface area contributed by atoms with Crippen molar-refractivity contribution in [3.8, 4) is 0 Å². The molecule has 1 fully saturated rings. The number of hydrogen-bond donors (Lipinski definition) is 2. The predicted octanol–water partition coefficient (Wildman–Crippen LogP) is 4.94. The van der Waals surface area contributed by atoms with Crippen LogP contribution in [-0.4, -0.2) is 19.1 Å². The second kappa shape index (κ2) is 9.58. The van der Waals surface area contributed by atoms with Crippen molar-refractivity contribution in [2.45, 2.75) is 52.1 Å². The monoisotopic (exact) mass is 356 g/mol. The Bertz CT molecular complexity index is 643. The number of methoxy groups -OCH3 is 1. The third-order valence-corrected chi connectivity index (χ3v) is 5.17. The molecule has 1 unspecified atom stereocenters. The van der Waals surface area contributed by atoms with Crippen LogP contribution < -0.4 is 11.1 Å². The first-order valence-corrected chi connectivity index (χ1v) is 9.48. The number of hydrogen-bond acceptors (Lipinski definition) is 3. The number of nitrogens with one attached hydrogen (secondary N) is 1. The highest BCUT2D eigenvalue weighted by Crippen LogP contribution is 2.37. The highest BCUT2D eigenvalue weighted by atomic mass is 16.5. The van der Waals surface area contributed by atoms with Crippen molar-refractivity contribution < 1.29 is 9.53 Å². The molecule has 1 aliphatic rings. The van der Waals surface area contributed by atoms with Gasteiger partial charge >= 0.3 is 0 Å². The molecule has 1 aromatic rings. The van der Waals surface area contributed by atoms with Gasteiger partial charge in [-0.3, -0.25) is 4.79 Å². The first kappa shape index (κ1) is 20.2.